The normalized spacial score (nSPS) is 10.9. The summed E-state index contributed by atoms with van der Waals surface area (Å²) in [6.45, 7) is 0. The van der Waals surface area contributed by atoms with E-state index in [0.29, 0.717) is 33.6 Å². The number of imidazole rings is 1. The Hall–Kier alpha value is -5.75. The van der Waals surface area contributed by atoms with Crippen molar-refractivity contribution >= 4 is 33.1 Å². The number of hydrogen-bond acceptors (Lipinski definition) is 4. The largest absolute Gasteiger partial charge is 0.500 e. The number of aromatic nitrogens is 4. The maximum absolute atomic E-state index is 15.0. The molecule has 7 heteroatoms. The summed E-state index contributed by atoms with van der Waals surface area (Å²) in [4.78, 5) is 13.8. The maximum atomic E-state index is 15.0. The Morgan fingerprint density at radius 1 is 0.708 bits per heavy atom. The van der Waals surface area contributed by atoms with E-state index in [0.717, 1.165) is 39.0 Å². The van der Waals surface area contributed by atoms with E-state index in [1.165, 1.54) is 6.07 Å². The molecule has 48 heavy (non-hydrogen) atoms. The van der Waals surface area contributed by atoms with Crippen LogP contribution in [0.15, 0.2) is 156 Å². The minimum absolute atomic E-state index is 0. The van der Waals surface area contributed by atoms with E-state index in [2.05, 4.69) is 40.3 Å². The number of pyridine rings is 2. The van der Waals surface area contributed by atoms with Gasteiger partial charge in [-0.15, -0.1) is 48.0 Å². The summed E-state index contributed by atoms with van der Waals surface area (Å²) in [6.07, 6.45) is 3.62. The Bertz CT molecular complexity index is 2430. The van der Waals surface area contributed by atoms with Gasteiger partial charge in [0.1, 0.15) is 5.58 Å². The zero-order valence-electron chi connectivity index (χ0n) is 25.3. The van der Waals surface area contributed by atoms with Gasteiger partial charge < -0.3 is 14.0 Å². The Morgan fingerprint density at radius 2 is 1.46 bits per heavy atom. The number of benzene rings is 5. The molecule has 0 unspecified atom stereocenters. The molecular weight excluding hydrogens is 776 g/mol. The van der Waals surface area contributed by atoms with Gasteiger partial charge in [-0.1, -0.05) is 84.4 Å². The average molecular weight is 801 g/mol. The number of nitrogens with zero attached hydrogens (tertiary/aromatic N) is 4. The van der Waals surface area contributed by atoms with Crippen LogP contribution in [0, 0.1) is 17.9 Å². The molecule has 0 fully saturated rings. The third-order valence-corrected chi connectivity index (χ3v) is 7.91. The van der Waals surface area contributed by atoms with Crippen molar-refractivity contribution in [2.24, 2.45) is 0 Å². The quantitative estimate of drug-likeness (QED) is 0.166. The van der Waals surface area contributed by atoms with Gasteiger partial charge in [-0.2, -0.15) is 0 Å². The first-order valence-corrected chi connectivity index (χ1v) is 15.1. The van der Waals surface area contributed by atoms with Gasteiger partial charge in [0.15, 0.2) is 5.65 Å². The molecule has 0 aliphatic rings. The van der Waals surface area contributed by atoms with E-state index >= 15 is 0 Å². The maximum Gasteiger partial charge on any atom is 0.168 e. The molecule has 0 spiro atoms. The molecule has 0 saturated carbocycles. The van der Waals surface area contributed by atoms with E-state index in [-0.39, 0.29) is 25.9 Å². The molecular formula is C41H25FIrN4O-2. The van der Waals surface area contributed by atoms with Crippen LogP contribution in [0.3, 0.4) is 0 Å². The second kappa shape index (κ2) is 13.5. The second-order valence-corrected chi connectivity index (χ2v) is 10.8. The summed E-state index contributed by atoms with van der Waals surface area (Å²) in [5, 5.41) is 1.15. The molecule has 0 aliphatic carbocycles. The van der Waals surface area contributed by atoms with Crippen molar-refractivity contribution in [3.63, 3.8) is 0 Å². The molecule has 0 N–H and O–H groups in total. The first-order chi connectivity index (χ1) is 23.2. The molecule has 0 amide bonds. The van der Waals surface area contributed by atoms with Crippen molar-refractivity contribution in [1.29, 1.82) is 0 Å². The second-order valence-electron chi connectivity index (χ2n) is 10.8. The molecule has 9 rings (SSSR count). The fourth-order valence-electron chi connectivity index (χ4n) is 5.73. The number of rotatable bonds is 4. The predicted molar refractivity (Wildman–Crippen MR) is 184 cm³/mol. The van der Waals surface area contributed by atoms with Crippen LogP contribution < -0.4 is 0 Å². The van der Waals surface area contributed by atoms with Crippen molar-refractivity contribution < 1.29 is 28.9 Å². The molecule has 0 atom stereocenters. The van der Waals surface area contributed by atoms with Crippen molar-refractivity contribution in [1.82, 2.24) is 19.5 Å². The zero-order valence-corrected chi connectivity index (χ0v) is 27.7. The summed E-state index contributed by atoms with van der Waals surface area (Å²) in [6, 6.07) is 50.9. The van der Waals surface area contributed by atoms with E-state index < -0.39 is 0 Å². The summed E-state index contributed by atoms with van der Waals surface area (Å²) in [5.41, 5.74) is 8.03. The number of furan rings is 1. The number of halogens is 1. The van der Waals surface area contributed by atoms with Gasteiger partial charge in [0.2, 0.25) is 0 Å². The molecule has 0 saturated heterocycles. The third-order valence-electron chi connectivity index (χ3n) is 7.91. The SMILES string of the molecule is Fc1c[c-]c(-c2nc3ncc(-c4ccccc4)cc3n2-c2ccccc2)c2oc3ccccc3c12.[Ir].[c-]1ccccc1-c1ccccn1. The molecule has 0 bridgehead atoms. The minimum Gasteiger partial charge on any atom is -0.500 e. The van der Waals surface area contributed by atoms with E-state index in [9.17, 15) is 4.39 Å². The molecule has 4 aromatic heterocycles. The summed E-state index contributed by atoms with van der Waals surface area (Å²) < 4.78 is 23.2. The monoisotopic (exact) mass is 801 g/mol. The third kappa shape index (κ3) is 5.82. The van der Waals surface area contributed by atoms with Gasteiger partial charge in [0, 0.05) is 55.0 Å². The van der Waals surface area contributed by atoms with Crippen LogP contribution in [0.2, 0.25) is 0 Å². The van der Waals surface area contributed by atoms with Crippen LogP contribution in [0.1, 0.15) is 0 Å². The van der Waals surface area contributed by atoms with E-state index in [1.807, 2.05) is 126 Å². The van der Waals surface area contributed by atoms with Crippen LogP contribution in [0.25, 0.3) is 72.6 Å². The van der Waals surface area contributed by atoms with Crippen LogP contribution in [0.5, 0.6) is 0 Å². The summed E-state index contributed by atoms with van der Waals surface area (Å²) >= 11 is 0. The van der Waals surface area contributed by atoms with E-state index in [1.54, 1.807) is 6.20 Å². The minimum atomic E-state index is -0.374. The first kappa shape index (κ1) is 30.9. The van der Waals surface area contributed by atoms with Crippen LogP contribution >= 0.6 is 0 Å². The van der Waals surface area contributed by atoms with Crippen molar-refractivity contribution in [2.45, 2.75) is 0 Å². The first-order valence-electron chi connectivity index (χ1n) is 15.1. The molecule has 9 aromatic rings. The summed E-state index contributed by atoms with van der Waals surface area (Å²) in [5.74, 6) is 0.216. The molecule has 1 radical (unpaired) electrons. The van der Waals surface area contributed by atoms with Gasteiger partial charge >= 0.3 is 0 Å². The Balaban J connectivity index is 0.000000237. The van der Waals surface area contributed by atoms with Gasteiger partial charge in [-0.25, -0.2) is 4.98 Å². The van der Waals surface area contributed by atoms with Crippen molar-refractivity contribution in [3.8, 4) is 39.5 Å². The van der Waals surface area contributed by atoms with Crippen LogP contribution in [0.4, 0.5) is 4.39 Å². The Kier molecular flexibility index (Phi) is 8.71. The standard InChI is InChI=1S/C30H17FN3O.C11H8N.Ir/c31-24-16-15-23(28-27(24)22-13-7-8-14-26(22)35-28)30-33-29-25(34(30)21-11-5-2-6-12-21)17-20(18-32-29)19-9-3-1-4-10-19;1-2-6-10(7-3-1)11-8-4-5-9-12-11;/h1-14,16-18H;1-6,8-9H;/q2*-1;. The van der Waals surface area contributed by atoms with Crippen molar-refractivity contribution in [3.05, 3.63) is 170 Å². The Morgan fingerprint density at radius 3 is 2.23 bits per heavy atom. The fourth-order valence-corrected chi connectivity index (χ4v) is 5.73. The van der Waals surface area contributed by atoms with Gasteiger partial charge in [-0.05, 0) is 47.0 Å². The number of para-hydroxylation sites is 2. The van der Waals surface area contributed by atoms with Gasteiger partial charge in [0.25, 0.3) is 0 Å². The molecule has 0 aliphatic heterocycles. The van der Waals surface area contributed by atoms with Crippen LogP contribution in [-0.2, 0) is 20.1 Å². The molecule has 4 heterocycles. The van der Waals surface area contributed by atoms with Gasteiger partial charge in [0.05, 0.1) is 16.9 Å². The molecule has 5 aromatic carbocycles. The zero-order chi connectivity index (χ0) is 31.6. The topological polar surface area (TPSA) is 56.7 Å². The number of fused-ring (bicyclic) bond motifs is 4. The van der Waals surface area contributed by atoms with Gasteiger partial charge in [-0.3, -0.25) is 9.37 Å². The Labute approximate surface area is 289 Å². The van der Waals surface area contributed by atoms with Crippen LogP contribution in [-0.4, -0.2) is 19.5 Å². The average Bonchev–Trinajstić information content (AvgIpc) is 3.73. The number of hydrogen-bond donors (Lipinski definition) is 0. The fraction of sp³-hybridized carbons (Fsp3) is 0. The molecule has 233 valence electrons. The predicted octanol–water partition coefficient (Wildman–Crippen LogP) is 10.1. The summed E-state index contributed by atoms with van der Waals surface area (Å²) in [7, 11) is 0. The molecule has 5 nitrogen and oxygen atoms in total. The van der Waals surface area contributed by atoms with Crippen molar-refractivity contribution in [2.75, 3.05) is 0 Å². The smallest absolute Gasteiger partial charge is 0.168 e. The van der Waals surface area contributed by atoms with E-state index in [4.69, 9.17) is 9.40 Å².